The minimum Gasteiger partial charge on any atom is -0.497 e. The van der Waals surface area contributed by atoms with Crippen molar-refractivity contribution in [3.05, 3.63) is 95.1 Å². The summed E-state index contributed by atoms with van der Waals surface area (Å²) in [5.41, 5.74) is 5.99. The Morgan fingerprint density at radius 1 is 0.221 bits per heavy atom. The molecule has 13 rings (SSSR count). The van der Waals surface area contributed by atoms with Gasteiger partial charge in [0.1, 0.15) is 11.5 Å². The number of rotatable bonds is 30. The van der Waals surface area contributed by atoms with Crippen LogP contribution in [0.3, 0.4) is 0 Å². The Bertz CT molecular complexity index is 2680. The number of hydrogen-bond acceptors (Lipinski definition) is 2. The average Bonchev–Trinajstić information content (AvgIpc) is 0.852. The number of methoxy groups -OCH3 is 1. The molecule has 0 radical (unpaired) electrons. The number of unbranched alkanes of at least 4 members (excludes halogenated alkanes) is 3. The molecule has 3 aromatic rings. The van der Waals surface area contributed by atoms with Crippen molar-refractivity contribution in [2.24, 2.45) is 101 Å². The Morgan fingerprint density at radius 2 is 0.442 bits per heavy atom. The maximum atomic E-state index is 5.50. The van der Waals surface area contributed by atoms with Gasteiger partial charge in [0, 0.05) is 0 Å². The molecular weight excluding hydrogens is 1370 g/mol. The Kier molecular flexibility index (Phi) is 48.0. The number of benzene rings is 3. The molecule has 0 spiro atoms. The van der Waals surface area contributed by atoms with Gasteiger partial charge in [-0.25, -0.2) is 0 Å². The van der Waals surface area contributed by atoms with Gasteiger partial charge in [-0.05, 0) is 340 Å². The molecule has 0 unspecified atom stereocenters. The molecule has 0 heterocycles. The van der Waals surface area contributed by atoms with E-state index in [0.29, 0.717) is 0 Å². The molecule has 0 bridgehead atoms. The van der Waals surface area contributed by atoms with E-state index in [1.807, 2.05) is 6.92 Å². The largest absolute Gasteiger partial charge is 0.497 e. The quantitative estimate of drug-likeness (QED) is 0.0620. The minimum atomic E-state index is 0.751. The summed E-state index contributed by atoms with van der Waals surface area (Å²) in [5, 5.41) is 0. The first kappa shape index (κ1) is 95.7. The molecule has 0 atom stereocenters. The van der Waals surface area contributed by atoms with Crippen LogP contribution in [0.25, 0.3) is 0 Å². The van der Waals surface area contributed by atoms with Gasteiger partial charge in [-0.1, -0.05) is 335 Å². The van der Waals surface area contributed by atoms with E-state index in [2.05, 4.69) is 142 Å². The Labute approximate surface area is 705 Å². The Balaban J connectivity index is 0.000000170. The van der Waals surface area contributed by atoms with Gasteiger partial charge in [-0.2, -0.15) is 0 Å². The molecule has 0 aliphatic heterocycles. The van der Waals surface area contributed by atoms with E-state index in [9.17, 15) is 0 Å². The van der Waals surface area contributed by atoms with Gasteiger partial charge in [0.25, 0.3) is 0 Å². The van der Waals surface area contributed by atoms with E-state index < -0.39 is 0 Å². The average molecular weight is 1560 g/mol. The van der Waals surface area contributed by atoms with E-state index in [1.54, 1.807) is 154 Å². The predicted octanol–water partition coefficient (Wildman–Crippen LogP) is 36.2. The molecule has 113 heavy (non-hydrogen) atoms. The fraction of sp³-hybridized carbons (Fsp3) is 0.838. The van der Waals surface area contributed by atoms with Crippen LogP contribution in [0.4, 0.5) is 0 Å². The highest BCUT2D eigenvalue weighted by Gasteiger charge is 2.36. The first-order chi connectivity index (χ1) is 55.4. The summed E-state index contributed by atoms with van der Waals surface area (Å²) in [6.07, 6.45) is 89.3. The van der Waals surface area contributed by atoms with Crippen molar-refractivity contribution in [2.45, 2.75) is 479 Å². The van der Waals surface area contributed by atoms with Crippen LogP contribution in [-0.4, -0.2) is 13.7 Å². The fourth-order valence-corrected chi connectivity index (χ4v) is 25.6. The third-order valence-corrected chi connectivity index (χ3v) is 33.1. The molecule has 646 valence electrons. The smallest absolute Gasteiger partial charge is 0.119 e. The molecule has 0 aromatic heterocycles. The SMILES string of the molecule is CCCC1CCC(C2CCC(CC)CC2)CC1.CCCC1CCC(C2CCC(c3ccc(C)cc3)CC2)CC1.CCCC1CCC(c2ccc(OC)cc2)CC1.CCCC1CCC(c2ccc(OCC)cc2)CC1.CCCCC1CCC(C2CCC(CCC)CC2)CC1.CCCCCC1CCC(C2CCC(CCC)CC2)CC1. The standard InChI is InChI=1S/C22H34.C20H38.C19H36.C17H26O.C17H32.C16H24O/c1-3-4-18-7-11-20(12-8-18)22-15-13-21(14-16-22)19-9-5-17(2)6-10-19;1-3-5-6-8-18-11-15-20(16-12-18)19-13-9-17(7-4-2)10-14-19;1-3-5-7-17-10-14-19(15-11-17)18-12-8-16(6-4-2)9-13-18;1-3-5-14-6-8-15(9-7-14)16-10-12-17(13-11-16)18-4-2;1-3-5-15-8-12-17(13-9-15)16-10-6-14(4-2)7-11-16;1-3-4-13-5-7-14(8-6-13)15-9-11-16(17-2)12-10-15/h5-6,9-10,18,20-22H,3-4,7-8,11-16H2,1-2H3;17-20H,3-16H2,1-2H3;16-19H,3-15H2,1-2H3;10-15H,3-9H2,1-2H3;14-17H,3-13H2,1-2H3;9-14H,3-8H2,1-2H3. The van der Waals surface area contributed by atoms with Crippen LogP contribution in [0, 0.1) is 108 Å². The lowest BCUT2D eigenvalue weighted by atomic mass is 9.68. The van der Waals surface area contributed by atoms with Crippen molar-refractivity contribution in [1.29, 1.82) is 0 Å². The zero-order chi connectivity index (χ0) is 80.0. The summed E-state index contributed by atoms with van der Waals surface area (Å²) >= 11 is 0. The molecular formula is C111H190O2. The molecule has 0 amide bonds. The maximum absolute atomic E-state index is 5.50. The van der Waals surface area contributed by atoms with Crippen LogP contribution in [0.5, 0.6) is 11.5 Å². The topological polar surface area (TPSA) is 18.5 Å². The number of hydrogen-bond donors (Lipinski definition) is 0. The highest BCUT2D eigenvalue weighted by Crippen LogP contribution is 2.49. The predicted molar refractivity (Wildman–Crippen MR) is 497 cm³/mol. The van der Waals surface area contributed by atoms with Crippen molar-refractivity contribution in [3.8, 4) is 11.5 Å². The molecule has 2 nitrogen and oxygen atoms in total. The maximum Gasteiger partial charge on any atom is 0.119 e. The van der Waals surface area contributed by atoms with E-state index in [1.165, 1.54) is 261 Å². The molecule has 10 saturated carbocycles. The molecule has 2 heteroatoms. The summed E-state index contributed by atoms with van der Waals surface area (Å²) in [6, 6.07) is 26.7. The van der Waals surface area contributed by atoms with E-state index in [4.69, 9.17) is 9.47 Å². The van der Waals surface area contributed by atoms with Gasteiger partial charge in [0.2, 0.25) is 0 Å². The normalized spacial score (nSPS) is 32.1. The van der Waals surface area contributed by atoms with Crippen molar-refractivity contribution in [1.82, 2.24) is 0 Å². The number of aryl methyl sites for hydroxylation is 1. The third-order valence-electron chi connectivity index (χ3n) is 33.1. The Hall–Kier alpha value is -2.74. The lowest BCUT2D eigenvalue weighted by Gasteiger charge is -2.38. The zero-order valence-electron chi connectivity index (χ0n) is 77.4. The Morgan fingerprint density at radius 3 is 0.690 bits per heavy atom. The molecule has 0 saturated heterocycles. The van der Waals surface area contributed by atoms with Gasteiger partial charge in [-0.15, -0.1) is 0 Å². The molecule has 10 aliphatic carbocycles. The second kappa shape index (κ2) is 56.7. The highest BCUT2D eigenvalue weighted by atomic mass is 16.5. The summed E-state index contributed by atoms with van der Waals surface area (Å²) in [5.74, 6) is 22.7. The van der Waals surface area contributed by atoms with Crippen molar-refractivity contribution in [2.75, 3.05) is 13.7 Å². The summed E-state index contributed by atoms with van der Waals surface area (Å²) in [7, 11) is 1.73. The first-order valence-corrected chi connectivity index (χ1v) is 51.8. The second-order valence-electron chi connectivity index (χ2n) is 41.0. The van der Waals surface area contributed by atoms with Gasteiger partial charge in [0.15, 0.2) is 0 Å². The molecule has 3 aromatic carbocycles. The van der Waals surface area contributed by atoms with Crippen LogP contribution in [0.1, 0.15) is 494 Å². The van der Waals surface area contributed by atoms with Crippen LogP contribution >= 0.6 is 0 Å². The van der Waals surface area contributed by atoms with Crippen molar-refractivity contribution >= 4 is 0 Å². The summed E-state index contributed by atoms with van der Waals surface area (Å²) in [4.78, 5) is 0. The number of ether oxygens (including phenoxy) is 2. The summed E-state index contributed by atoms with van der Waals surface area (Å²) in [6.45, 7) is 26.0. The lowest BCUT2D eigenvalue weighted by Crippen LogP contribution is -2.25. The minimum absolute atomic E-state index is 0.751. The lowest BCUT2D eigenvalue weighted by molar-refractivity contribution is 0.140. The van der Waals surface area contributed by atoms with Gasteiger partial charge < -0.3 is 9.47 Å². The third kappa shape index (κ3) is 35.1. The highest BCUT2D eigenvalue weighted by molar-refractivity contribution is 5.31. The summed E-state index contributed by atoms with van der Waals surface area (Å²) < 4.78 is 10.7. The van der Waals surface area contributed by atoms with Crippen LogP contribution < -0.4 is 9.47 Å². The molecule has 10 aliphatic rings. The monoisotopic (exact) mass is 1560 g/mol. The molecule has 10 fully saturated rings. The van der Waals surface area contributed by atoms with Crippen LogP contribution in [-0.2, 0) is 0 Å². The van der Waals surface area contributed by atoms with Gasteiger partial charge >= 0.3 is 0 Å². The fourth-order valence-electron chi connectivity index (χ4n) is 25.6. The van der Waals surface area contributed by atoms with E-state index >= 15 is 0 Å². The van der Waals surface area contributed by atoms with Crippen LogP contribution in [0.15, 0.2) is 72.8 Å². The zero-order valence-corrected chi connectivity index (χ0v) is 77.4. The van der Waals surface area contributed by atoms with E-state index in [-0.39, 0.29) is 0 Å². The van der Waals surface area contributed by atoms with E-state index in [0.717, 1.165) is 136 Å². The van der Waals surface area contributed by atoms with Crippen molar-refractivity contribution in [3.63, 3.8) is 0 Å². The van der Waals surface area contributed by atoms with Crippen molar-refractivity contribution < 1.29 is 9.47 Å². The van der Waals surface area contributed by atoms with Crippen LogP contribution in [0.2, 0.25) is 0 Å². The van der Waals surface area contributed by atoms with Gasteiger partial charge in [0.05, 0.1) is 13.7 Å². The van der Waals surface area contributed by atoms with Gasteiger partial charge in [-0.3, -0.25) is 0 Å². The second-order valence-corrected chi connectivity index (χ2v) is 41.0. The molecule has 0 N–H and O–H groups in total. The first-order valence-electron chi connectivity index (χ1n) is 51.8.